The molecule has 3 N–H and O–H groups in total. The van der Waals surface area contributed by atoms with Gasteiger partial charge in [0.05, 0.1) is 25.3 Å². The second-order valence-electron chi connectivity index (χ2n) is 3.92. The molecular formula is C13H18N2O3S. The Morgan fingerprint density at radius 2 is 2.16 bits per heavy atom. The van der Waals surface area contributed by atoms with Crippen molar-refractivity contribution in [2.75, 3.05) is 13.7 Å². The third kappa shape index (κ3) is 4.50. The number of benzene rings is 1. The van der Waals surface area contributed by atoms with E-state index in [2.05, 4.69) is 10.6 Å². The number of para-hydroxylation sites is 1. The third-order valence-corrected chi connectivity index (χ3v) is 2.85. The molecule has 0 spiro atoms. The standard InChI is InChI=1S/C13H18N2O3S/c1-3-9(8-16)14-13(19)15-12(17)10-6-4-5-7-11(10)18-2/h4-7,9,16H,3,8H2,1-2H3,(H2,14,15,17,19). The number of ether oxygens (including phenoxy) is 1. The number of methoxy groups -OCH3 is 1. The van der Waals surface area contributed by atoms with Crippen molar-refractivity contribution in [3.8, 4) is 5.75 Å². The predicted molar refractivity (Wildman–Crippen MR) is 77.4 cm³/mol. The molecule has 0 bridgehead atoms. The van der Waals surface area contributed by atoms with E-state index >= 15 is 0 Å². The molecule has 104 valence electrons. The highest BCUT2D eigenvalue weighted by molar-refractivity contribution is 7.80. The number of aliphatic hydroxyl groups excluding tert-OH is 1. The van der Waals surface area contributed by atoms with Crippen LogP contribution in [-0.2, 0) is 0 Å². The molecular weight excluding hydrogens is 264 g/mol. The highest BCUT2D eigenvalue weighted by Crippen LogP contribution is 2.16. The van der Waals surface area contributed by atoms with Crippen molar-refractivity contribution < 1.29 is 14.6 Å². The summed E-state index contributed by atoms with van der Waals surface area (Å²) in [6, 6.07) is 6.72. The maximum Gasteiger partial charge on any atom is 0.261 e. The van der Waals surface area contributed by atoms with Gasteiger partial charge in [-0.3, -0.25) is 10.1 Å². The molecule has 5 nitrogen and oxygen atoms in total. The normalized spacial score (nSPS) is 11.5. The van der Waals surface area contributed by atoms with Gasteiger partial charge in [0, 0.05) is 0 Å². The number of thiocarbonyl (C=S) groups is 1. The predicted octanol–water partition coefficient (Wildman–Crippen LogP) is 1.07. The molecule has 1 atom stereocenters. The second kappa shape index (κ2) is 7.70. The molecule has 0 saturated heterocycles. The van der Waals surface area contributed by atoms with Crippen molar-refractivity contribution in [2.24, 2.45) is 0 Å². The second-order valence-corrected chi connectivity index (χ2v) is 4.32. The summed E-state index contributed by atoms with van der Waals surface area (Å²) in [5.74, 6) is 0.139. The Morgan fingerprint density at radius 1 is 1.47 bits per heavy atom. The summed E-state index contributed by atoms with van der Waals surface area (Å²) < 4.78 is 5.11. The van der Waals surface area contributed by atoms with E-state index in [0.717, 1.165) is 0 Å². The van der Waals surface area contributed by atoms with Gasteiger partial charge in [-0.25, -0.2) is 0 Å². The number of nitrogens with one attached hydrogen (secondary N) is 2. The molecule has 0 heterocycles. The first-order chi connectivity index (χ1) is 9.12. The molecule has 0 radical (unpaired) electrons. The van der Waals surface area contributed by atoms with Crippen LogP contribution in [0.1, 0.15) is 23.7 Å². The van der Waals surface area contributed by atoms with Gasteiger partial charge in [0.25, 0.3) is 5.91 Å². The minimum Gasteiger partial charge on any atom is -0.496 e. The maximum absolute atomic E-state index is 12.0. The van der Waals surface area contributed by atoms with Crippen molar-refractivity contribution >= 4 is 23.2 Å². The maximum atomic E-state index is 12.0. The lowest BCUT2D eigenvalue weighted by Crippen LogP contribution is -2.45. The highest BCUT2D eigenvalue weighted by atomic mass is 32.1. The van der Waals surface area contributed by atoms with Crippen LogP contribution in [0.25, 0.3) is 0 Å². The Kier molecular flexibility index (Phi) is 6.24. The van der Waals surface area contributed by atoms with Crippen LogP contribution in [0.2, 0.25) is 0 Å². The Balaban J connectivity index is 2.66. The first-order valence-corrected chi connectivity index (χ1v) is 6.38. The molecule has 6 heteroatoms. The molecule has 1 aromatic carbocycles. The number of hydrogen-bond donors (Lipinski definition) is 3. The van der Waals surface area contributed by atoms with Crippen LogP contribution in [0, 0.1) is 0 Å². The van der Waals surface area contributed by atoms with Crippen LogP contribution in [0.5, 0.6) is 5.75 Å². The molecule has 0 aliphatic carbocycles. The van der Waals surface area contributed by atoms with Gasteiger partial charge in [-0.2, -0.15) is 0 Å². The minimum absolute atomic E-state index is 0.0405. The van der Waals surface area contributed by atoms with E-state index in [1.807, 2.05) is 6.92 Å². The topological polar surface area (TPSA) is 70.6 Å². The Bertz CT molecular complexity index is 447. The van der Waals surface area contributed by atoms with Crippen molar-refractivity contribution in [3.05, 3.63) is 29.8 Å². The van der Waals surface area contributed by atoms with Crippen LogP contribution in [0.15, 0.2) is 24.3 Å². The van der Waals surface area contributed by atoms with Gasteiger partial charge in [0.2, 0.25) is 0 Å². The minimum atomic E-state index is -0.345. The molecule has 0 fully saturated rings. The van der Waals surface area contributed by atoms with Gasteiger partial charge in [-0.15, -0.1) is 0 Å². The fourth-order valence-electron chi connectivity index (χ4n) is 1.50. The number of rotatable bonds is 5. The van der Waals surface area contributed by atoms with Crippen LogP contribution < -0.4 is 15.4 Å². The zero-order chi connectivity index (χ0) is 14.3. The Labute approximate surface area is 118 Å². The molecule has 1 rings (SSSR count). The lowest BCUT2D eigenvalue weighted by molar-refractivity contribution is 0.0973. The van der Waals surface area contributed by atoms with Gasteiger partial charge < -0.3 is 15.2 Å². The van der Waals surface area contributed by atoms with Crippen LogP contribution in [0.3, 0.4) is 0 Å². The zero-order valence-corrected chi connectivity index (χ0v) is 11.8. The quantitative estimate of drug-likeness (QED) is 0.705. The molecule has 1 amide bonds. The molecule has 0 aliphatic heterocycles. The summed E-state index contributed by atoms with van der Waals surface area (Å²) in [7, 11) is 1.50. The molecule has 0 aliphatic rings. The molecule has 19 heavy (non-hydrogen) atoms. The SMILES string of the molecule is CCC(CO)NC(=S)NC(=O)c1ccccc1OC. The van der Waals surface area contributed by atoms with Crippen LogP contribution in [0.4, 0.5) is 0 Å². The Morgan fingerprint density at radius 3 is 2.74 bits per heavy atom. The number of aliphatic hydroxyl groups is 1. The van der Waals surface area contributed by atoms with E-state index in [-0.39, 0.29) is 23.7 Å². The smallest absolute Gasteiger partial charge is 0.261 e. The number of carbonyl (C=O) groups excluding carboxylic acids is 1. The van der Waals surface area contributed by atoms with E-state index in [0.29, 0.717) is 17.7 Å². The fraction of sp³-hybridized carbons (Fsp3) is 0.385. The van der Waals surface area contributed by atoms with Crippen molar-refractivity contribution in [2.45, 2.75) is 19.4 Å². The molecule has 1 aromatic rings. The first kappa shape index (κ1) is 15.4. The fourth-order valence-corrected chi connectivity index (χ4v) is 1.76. The Hall–Kier alpha value is -1.66. The lowest BCUT2D eigenvalue weighted by atomic mass is 10.2. The van der Waals surface area contributed by atoms with E-state index in [4.69, 9.17) is 22.1 Å². The largest absolute Gasteiger partial charge is 0.496 e. The number of carbonyl (C=O) groups is 1. The number of hydrogen-bond acceptors (Lipinski definition) is 4. The monoisotopic (exact) mass is 282 g/mol. The zero-order valence-electron chi connectivity index (χ0n) is 11.0. The van der Waals surface area contributed by atoms with Gasteiger partial charge in [-0.1, -0.05) is 19.1 Å². The van der Waals surface area contributed by atoms with Crippen molar-refractivity contribution in [3.63, 3.8) is 0 Å². The van der Waals surface area contributed by atoms with Crippen LogP contribution >= 0.6 is 12.2 Å². The van der Waals surface area contributed by atoms with E-state index < -0.39 is 0 Å². The average Bonchev–Trinajstić information content (AvgIpc) is 2.44. The van der Waals surface area contributed by atoms with Gasteiger partial charge in [0.15, 0.2) is 5.11 Å². The molecule has 0 saturated carbocycles. The molecule has 1 unspecified atom stereocenters. The summed E-state index contributed by atoms with van der Waals surface area (Å²) in [6.07, 6.45) is 0.709. The van der Waals surface area contributed by atoms with E-state index in [1.54, 1.807) is 24.3 Å². The summed E-state index contributed by atoms with van der Waals surface area (Å²) in [6.45, 7) is 1.87. The van der Waals surface area contributed by atoms with Crippen LogP contribution in [-0.4, -0.2) is 35.9 Å². The summed E-state index contributed by atoms with van der Waals surface area (Å²) in [4.78, 5) is 12.0. The molecule has 0 aromatic heterocycles. The van der Waals surface area contributed by atoms with Crippen molar-refractivity contribution in [1.82, 2.24) is 10.6 Å². The summed E-state index contributed by atoms with van der Waals surface area (Å²) >= 11 is 5.02. The summed E-state index contributed by atoms with van der Waals surface area (Å²) in [5, 5.41) is 14.7. The number of amides is 1. The average molecular weight is 282 g/mol. The third-order valence-electron chi connectivity index (χ3n) is 2.63. The van der Waals surface area contributed by atoms with Gasteiger partial charge >= 0.3 is 0 Å². The highest BCUT2D eigenvalue weighted by Gasteiger charge is 2.14. The van der Waals surface area contributed by atoms with E-state index in [9.17, 15) is 4.79 Å². The van der Waals surface area contributed by atoms with E-state index in [1.165, 1.54) is 7.11 Å². The van der Waals surface area contributed by atoms with Gasteiger partial charge in [0.1, 0.15) is 5.75 Å². The lowest BCUT2D eigenvalue weighted by Gasteiger charge is -2.17. The van der Waals surface area contributed by atoms with Crippen molar-refractivity contribution in [1.29, 1.82) is 0 Å². The first-order valence-electron chi connectivity index (χ1n) is 5.98. The van der Waals surface area contributed by atoms with Gasteiger partial charge in [-0.05, 0) is 30.8 Å². The summed E-state index contributed by atoms with van der Waals surface area (Å²) in [5.41, 5.74) is 0.409.